The first-order valence-electron chi connectivity index (χ1n) is 3.50. The van der Waals surface area contributed by atoms with E-state index in [1.54, 1.807) is 7.05 Å². The normalized spacial score (nSPS) is 10.1. The average molecular weight is 222 g/mol. The minimum atomic E-state index is -0.279. The van der Waals surface area contributed by atoms with E-state index in [1.807, 2.05) is 0 Å². The molecule has 1 heterocycles. The molecule has 1 amide bonds. The number of aliphatic hydroxyl groups is 1. The minimum Gasteiger partial charge on any atom is -0.395 e. The van der Waals surface area contributed by atoms with Crippen LogP contribution in [0.3, 0.4) is 0 Å². The van der Waals surface area contributed by atoms with Gasteiger partial charge in [-0.2, -0.15) is 0 Å². The highest BCUT2D eigenvalue weighted by molar-refractivity contribution is 7.17. The van der Waals surface area contributed by atoms with Crippen molar-refractivity contribution < 1.29 is 9.90 Å². The van der Waals surface area contributed by atoms with Gasteiger partial charge >= 0.3 is 0 Å². The summed E-state index contributed by atoms with van der Waals surface area (Å²) >= 11 is 6.53. The monoisotopic (exact) mass is 221 g/mol. The SMILES string of the molecule is CN(CCO)C(=O)c1nnc(Cl)s1. The molecule has 0 saturated carbocycles. The van der Waals surface area contributed by atoms with E-state index in [4.69, 9.17) is 16.7 Å². The zero-order valence-electron chi connectivity index (χ0n) is 6.90. The molecule has 1 rings (SSSR count). The summed E-state index contributed by atoms with van der Waals surface area (Å²) < 4.78 is 0.237. The number of carbonyl (C=O) groups is 1. The molecule has 13 heavy (non-hydrogen) atoms. The summed E-state index contributed by atoms with van der Waals surface area (Å²) in [4.78, 5) is 12.8. The Balaban J connectivity index is 2.67. The molecule has 0 aliphatic rings. The van der Waals surface area contributed by atoms with Gasteiger partial charge in [0, 0.05) is 13.6 Å². The molecule has 1 aromatic rings. The van der Waals surface area contributed by atoms with E-state index < -0.39 is 0 Å². The van der Waals surface area contributed by atoms with Crippen LogP contribution in [0.4, 0.5) is 0 Å². The van der Waals surface area contributed by atoms with Gasteiger partial charge in [-0.15, -0.1) is 10.2 Å². The molecule has 0 atom stereocenters. The van der Waals surface area contributed by atoms with Crippen molar-refractivity contribution in [1.29, 1.82) is 0 Å². The van der Waals surface area contributed by atoms with Crippen LogP contribution in [0.2, 0.25) is 4.47 Å². The van der Waals surface area contributed by atoms with E-state index in [0.29, 0.717) is 0 Å². The molecule has 0 radical (unpaired) electrons. The van der Waals surface area contributed by atoms with Crippen LogP contribution in [0.25, 0.3) is 0 Å². The number of rotatable bonds is 3. The first kappa shape index (κ1) is 10.4. The van der Waals surface area contributed by atoms with Gasteiger partial charge < -0.3 is 10.0 Å². The van der Waals surface area contributed by atoms with Crippen molar-refractivity contribution in [3.05, 3.63) is 9.47 Å². The number of hydrogen-bond donors (Lipinski definition) is 1. The molecule has 72 valence electrons. The molecular formula is C6H8ClN3O2S. The maximum Gasteiger partial charge on any atom is 0.284 e. The topological polar surface area (TPSA) is 66.3 Å². The number of amides is 1. The molecule has 0 spiro atoms. The average Bonchev–Trinajstić information content (AvgIpc) is 2.51. The number of aromatic nitrogens is 2. The molecule has 0 saturated heterocycles. The minimum absolute atomic E-state index is 0.0746. The number of nitrogens with zero attached hydrogens (tertiary/aromatic N) is 3. The van der Waals surface area contributed by atoms with Gasteiger partial charge in [0.15, 0.2) is 0 Å². The maximum atomic E-state index is 11.4. The van der Waals surface area contributed by atoms with E-state index in [9.17, 15) is 4.79 Å². The van der Waals surface area contributed by atoms with Gasteiger partial charge in [-0.25, -0.2) is 0 Å². The van der Waals surface area contributed by atoms with E-state index in [0.717, 1.165) is 11.3 Å². The Morgan fingerprint density at radius 1 is 1.69 bits per heavy atom. The fourth-order valence-electron chi connectivity index (χ4n) is 0.707. The van der Waals surface area contributed by atoms with Crippen molar-refractivity contribution in [1.82, 2.24) is 15.1 Å². The fourth-order valence-corrected chi connectivity index (χ4v) is 1.53. The highest BCUT2D eigenvalue weighted by Crippen LogP contribution is 2.15. The van der Waals surface area contributed by atoms with Crippen molar-refractivity contribution in [2.45, 2.75) is 0 Å². The van der Waals surface area contributed by atoms with Gasteiger partial charge in [-0.05, 0) is 11.6 Å². The summed E-state index contributed by atoms with van der Waals surface area (Å²) in [6, 6.07) is 0. The first-order chi connectivity index (χ1) is 6.15. The van der Waals surface area contributed by atoms with Gasteiger partial charge in [0.2, 0.25) is 9.47 Å². The van der Waals surface area contributed by atoms with Gasteiger partial charge in [0.1, 0.15) is 0 Å². The third-order valence-electron chi connectivity index (χ3n) is 1.37. The molecule has 0 aromatic carbocycles. The molecule has 5 nitrogen and oxygen atoms in total. The van der Waals surface area contributed by atoms with E-state index in [-0.39, 0.29) is 28.5 Å². The maximum absolute atomic E-state index is 11.4. The zero-order valence-corrected chi connectivity index (χ0v) is 8.47. The third kappa shape index (κ3) is 2.61. The number of aliphatic hydroxyl groups excluding tert-OH is 1. The lowest BCUT2D eigenvalue weighted by molar-refractivity contribution is 0.0765. The lowest BCUT2D eigenvalue weighted by Gasteiger charge is -2.12. The van der Waals surface area contributed by atoms with Crippen LogP contribution in [0.15, 0.2) is 0 Å². The van der Waals surface area contributed by atoms with E-state index >= 15 is 0 Å². The van der Waals surface area contributed by atoms with Crippen LogP contribution in [-0.2, 0) is 0 Å². The lowest BCUT2D eigenvalue weighted by Crippen LogP contribution is -2.29. The number of carbonyl (C=O) groups excluding carboxylic acids is 1. The second-order valence-corrected chi connectivity index (χ2v) is 3.87. The van der Waals surface area contributed by atoms with Crippen LogP contribution in [0, 0.1) is 0 Å². The van der Waals surface area contributed by atoms with E-state index in [2.05, 4.69) is 10.2 Å². The summed E-state index contributed by atoms with van der Waals surface area (Å²) in [5.41, 5.74) is 0. The molecule has 0 aliphatic heterocycles. The Morgan fingerprint density at radius 3 is 2.85 bits per heavy atom. The second kappa shape index (κ2) is 4.50. The van der Waals surface area contributed by atoms with Crippen molar-refractivity contribution in [2.75, 3.05) is 20.2 Å². The van der Waals surface area contributed by atoms with Crippen LogP contribution < -0.4 is 0 Å². The summed E-state index contributed by atoms with van der Waals surface area (Å²) in [6.07, 6.45) is 0. The Bertz CT molecular complexity index is 304. The molecule has 1 N–H and O–H groups in total. The molecule has 0 unspecified atom stereocenters. The molecule has 0 bridgehead atoms. The molecule has 0 fully saturated rings. The van der Waals surface area contributed by atoms with Crippen LogP contribution in [0.1, 0.15) is 9.80 Å². The molecule has 0 aliphatic carbocycles. The molecule has 1 aromatic heterocycles. The van der Waals surface area contributed by atoms with Crippen LogP contribution in [0.5, 0.6) is 0 Å². The van der Waals surface area contributed by atoms with Crippen LogP contribution in [-0.4, -0.2) is 46.3 Å². The highest BCUT2D eigenvalue weighted by atomic mass is 35.5. The van der Waals surface area contributed by atoms with Crippen molar-refractivity contribution in [3.8, 4) is 0 Å². The number of likely N-dealkylation sites (N-methyl/N-ethyl adjacent to an activating group) is 1. The second-order valence-electron chi connectivity index (χ2n) is 2.31. The summed E-state index contributed by atoms with van der Waals surface area (Å²) in [5, 5.41) is 15.9. The first-order valence-corrected chi connectivity index (χ1v) is 4.70. The zero-order chi connectivity index (χ0) is 9.84. The Labute approximate surface area is 84.0 Å². The predicted molar refractivity (Wildman–Crippen MR) is 49.0 cm³/mol. The quantitative estimate of drug-likeness (QED) is 0.795. The Hall–Kier alpha value is -0.720. The van der Waals surface area contributed by atoms with Gasteiger partial charge in [-0.3, -0.25) is 4.79 Å². The highest BCUT2D eigenvalue weighted by Gasteiger charge is 2.15. The van der Waals surface area contributed by atoms with Gasteiger partial charge in [0.25, 0.3) is 5.91 Å². The smallest absolute Gasteiger partial charge is 0.284 e. The standard InChI is InChI=1S/C6H8ClN3O2S/c1-10(2-3-11)5(12)4-8-9-6(7)13-4/h11H,2-3H2,1H3. The van der Waals surface area contributed by atoms with Crippen LogP contribution >= 0.6 is 22.9 Å². The Kier molecular flexibility index (Phi) is 3.58. The van der Waals surface area contributed by atoms with Gasteiger partial charge in [0.05, 0.1) is 6.61 Å². The van der Waals surface area contributed by atoms with Gasteiger partial charge in [-0.1, -0.05) is 11.3 Å². The molecular weight excluding hydrogens is 214 g/mol. The van der Waals surface area contributed by atoms with Crippen molar-refractivity contribution in [2.24, 2.45) is 0 Å². The van der Waals surface area contributed by atoms with Crippen molar-refractivity contribution >= 4 is 28.8 Å². The largest absolute Gasteiger partial charge is 0.395 e. The fraction of sp³-hybridized carbons (Fsp3) is 0.500. The summed E-state index contributed by atoms with van der Waals surface area (Å²) in [5.74, 6) is -0.279. The lowest BCUT2D eigenvalue weighted by atomic mass is 10.5. The number of halogens is 1. The summed E-state index contributed by atoms with van der Waals surface area (Å²) in [6.45, 7) is 0.199. The molecule has 7 heteroatoms. The van der Waals surface area contributed by atoms with E-state index in [1.165, 1.54) is 4.90 Å². The number of hydrogen-bond acceptors (Lipinski definition) is 5. The Morgan fingerprint density at radius 2 is 2.38 bits per heavy atom. The third-order valence-corrected chi connectivity index (χ3v) is 2.37. The predicted octanol–water partition coefficient (Wildman–Crippen LogP) is 0.256. The van der Waals surface area contributed by atoms with Crippen molar-refractivity contribution in [3.63, 3.8) is 0 Å². The summed E-state index contributed by atoms with van der Waals surface area (Å²) in [7, 11) is 1.58.